The summed E-state index contributed by atoms with van der Waals surface area (Å²) in [5.41, 5.74) is 0.443. The number of amides is 2. The molecule has 0 aliphatic rings. The Morgan fingerprint density at radius 3 is 2.89 bits per heavy atom. The second-order valence-electron chi connectivity index (χ2n) is 3.54. The molecule has 0 fully saturated rings. The summed E-state index contributed by atoms with van der Waals surface area (Å²) in [6.45, 7) is 3.56. The molecule has 1 aromatic rings. The molecule has 18 heavy (non-hydrogen) atoms. The van der Waals surface area contributed by atoms with Crippen LogP contribution in [-0.4, -0.2) is 25.8 Å². The predicted octanol–water partition coefficient (Wildman–Crippen LogP) is 2.42. The topological polar surface area (TPSA) is 50.4 Å². The Hall–Kier alpha value is -1.14. The van der Waals surface area contributed by atoms with Gasteiger partial charge in [0.25, 0.3) is 0 Å². The van der Waals surface area contributed by atoms with Crippen LogP contribution in [0.4, 0.5) is 9.18 Å². The number of benzene rings is 1. The minimum absolute atomic E-state index is 0.152. The molecule has 2 amide bonds. The van der Waals surface area contributed by atoms with Crippen LogP contribution in [0.1, 0.15) is 12.5 Å². The van der Waals surface area contributed by atoms with Gasteiger partial charge in [-0.25, -0.2) is 9.18 Å². The standard InChI is InChI=1S/C12H16BrFN2O2/c1-2-18-6-5-15-12(17)16-8-9-3-4-10(13)7-11(9)14/h3-4,7H,2,5-6,8H2,1H3,(H2,15,16,17). The average molecular weight is 319 g/mol. The maximum atomic E-state index is 13.4. The Balaban J connectivity index is 2.29. The minimum Gasteiger partial charge on any atom is -0.380 e. The second-order valence-corrected chi connectivity index (χ2v) is 4.46. The molecule has 100 valence electrons. The Kier molecular flexibility index (Phi) is 6.67. The molecule has 0 saturated carbocycles. The normalized spacial score (nSPS) is 10.2. The van der Waals surface area contributed by atoms with Crippen molar-refractivity contribution in [3.8, 4) is 0 Å². The van der Waals surface area contributed by atoms with Gasteiger partial charge in [-0.05, 0) is 19.1 Å². The number of carbonyl (C=O) groups is 1. The number of rotatable bonds is 6. The van der Waals surface area contributed by atoms with Gasteiger partial charge in [-0.15, -0.1) is 0 Å². The summed E-state index contributed by atoms with van der Waals surface area (Å²) in [6, 6.07) is 4.38. The van der Waals surface area contributed by atoms with Crippen molar-refractivity contribution in [1.29, 1.82) is 0 Å². The average Bonchev–Trinajstić information content (AvgIpc) is 2.33. The van der Waals surface area contributed by atoms with E-state index in [-0.39, 0.29) is 18.4 Å². The van der Waals surface area contributed by atoms with E-state index in [1.54, 1.807) is 12.1 Å². The number of urea groups is 1. The molecule has 0 heterocycles. The highest BCUT2D eigenvalue weighted by Gasteiger charge is 2.04. The Labute approximate surface area is 114 Å². The molecule has 6 heteroatoms. The van der Waals surface area contributed by atoms with Gasteiger partial charge in [-0.2, -0.15) is 0 Å². The molecule has 1 rings (SSSR count). The van der Waals surface area contributed by atoms with Gasteiger partial charge in [0, 0.05) is 29.7 Å². The van der Waals surface area contributed by atoms with Crippen LogP contribution >= 0.6 is 15.9 Å². The first-order valence-corrected chi connectivity index (χ1v) is 6.46. The van der Waals surface area contributed by atoms with E-state index in [0.717, 1.165) is 0 Å². The molecular weight excluding hydrogens is 303 g/mol. The first-order chi connectivity index (χ1) is 8.63. The van der Waals surface area contributed by atoms with Gasteiger partial charge in [0.15, 0.2) is 0 Å². The maximum absolute atomic E-state index is 13.4. The first-order valence-electron chi connectivity index (χ1n) is 5.67. The van der Waals surface area contributed by atoms with E-state index >= 15 is 0 Å². The van der Waals surface area contributed by atoms with Crippen LogP contribution in [-0.2, 0) is 11.3 Å². The highest BCUT2D eigenvalue weighted by Crippen LogP contribution is 2.14. The van der Waals surface area contributed by atoms with Crippen molar-refractivity contribution in [3.63, 3.8) is 0 Å². The lowest BCUT2D eigenvalue weighted by molar-refractivity contribution is 0.149. The van der Waals surface area contributed by atoms with Crippen molar-refractivity contribution in [3.05, 3.63) is 34.1 Å². The van der Waals surface area contributed by atoms with Crippen LogP contribution in [0.5, 0.6) is 0 Å². The highest BCUT2D eigenvalue weighted by molar-refractivity contribution is 9.10. The van der Waals surface area contributed by atoms with Crippen molar-refractivity contribution in [2.75, 3.05) is 19.8 Å². The molecule has 0 aliphatic carbocycles. The van der Waals surface area contributed by atoms with E-state index in [9.17, 15) is 9.18 Å². The second kappa shape index (κ2) is 8.05. The Bertz CT molecular complexity index is 402. The molecule has 0 radical (unpaired) electrons. The van der Waals surface area contributed by atoms with Crippen LogP contribution in [0, 0.1) is 5.82 Å². The lowest BCUT2D eigenvalue weighted by Crippen LogP contribution is -2.37. The van der Waals surface area contributed by atoms with E-state index in [2.05, 4.69) is 26.6 Å². The molecule has 0 unspecified atom stereocenters. The van der Waals surface area contributed by atoms with Crippen molar-refractivity contribution >= 4 is 22.0 Å². The zero-order valence-electron chi connectivity index (χ0n) is 10.1. The molecule has 2 N–H and O–H groups in total. The minimum atomic E-state index is -0.348. The summed E-state index contributed by atoms with van der Waals surface area (Å²) in [5, 5.41) is 5.19. The van der Waals surface area contributed by atoms with Crippen LogP contribution in [0.3, 0.4) is 0 Å². The van der Waals surface area contributed by atoms with Gasteiger partial charge in [0.2, 0.25) is 0 Å². The van der Waals surface area contributed by atoms with E-state index in [0.29, 0.717) is 29.8 Å². The number of nitrogens with one attached hydrogen (secondary N) is 2. The van der Waals surface area contributed by atoms with Gasteiger partial charge in [0.05, 0.1) is 6.61 Å². The van der Waals surface area contributed by atoms with Crippen LogP contribution < -0.4 is 10.6 Å². The number of hydrogen-bond acceptors (Lipinski definition) is 2. The fourth-order valence-corrected chi connectivity index (χ4v) is 1.62. The Morgan fingerprint density at radius 2 is 2.22 bits per heavy atom. The van der Waals surface area contributed by atoms with E-state index in [1.807, 2.05) is 6.92 Å². The van der Waals surface area contributed by atoms with Crippen LogP contribution in [0.25, 0.3) is 0 Å². The quantitative estimate of drug-likeness (QED) is 0.791. The third kappa shape index (κ3) is 5.46. The lowest BCUT2D eigenvalue weighted by Gasteiger charge is -2.08. The van der Waals surface area contributed by atoms with Gasteiger partial charge >= 0.3 is 6.03 Å². The van der Waals surface area contributed by atoms with Gasteiger partial charge < -0.3 is 15.4 Å². The van der Waals surface area contributed by atoms with Crippen LogP contribution in [0.2, 0.25) is 0 Å². The van der Waals surface area contributed by atoms with Crippen molar-refractivity contribution in [2.24, 2.45) is 0 Å². The smallest absolute Gasteiger partial charge is 0.315 e. The first kappa shape index (κ1) is 14.9. The molecular formula is C12H16BrFN2O2. The summed E-state index contributed by atoms with van der Waals surface area (Å²) in [4.78, 5) is 11.3. The zero-order chi connectivity index (χ0) is 13.4. The van der Waals surface area contributed by atoms with Gasteiger partial charge in [-0.3, -0.25) is 0 Å². The molecule has 0 bridgehead atoms. The monoisotopic (exact) mass is 318 g/mol. The SMILES string of the molecule is CCOCCNC(=O)NCc1ccc(Br)cc1F. The molecule has 4 nitrogen and oxygen atoms in total. The van der Waals surface area contributed by atoms with Crippen molar-refractivity contribution in [2.45, 2.75) is 13.5 Å². The molecule has 0 spiro atoms. The molecule has 1 aromatic carbocycles. The van der Waals surface area contributed by atoms with Crippen molar-refractivity contribution in [1.82, 2.24) is 10.6 Å². The lowest BCUT2D eigenvalue weighted by atomic mass is 10.2. The number of halogens is 2. The summed E-state index contributed by atoms with van der Waals surface area (Å²) in [7, 11) is 0. The summed E-state index contributed by atoms with van der Waals surface area (Å²) >= 11 is 3.17. The van der Waals surface area contributed by atoms with E-state index < -0.39 is 0 Å². The number of ether oxygens (including phenoxy) is 1. The summed E-state index contributed by atoms with van der Waals surface area (Å²) < 4.78 is 19.2. The van der Waals surface area contributed by atoms with E-state index in [4.69, 9.17) is 4.74 Å². The number of carbonyl (C=O) groups excluding carboxylic acids is 1. The summed E-state index contributed by atoms with van der Waals surface area (Å²) in [6.07, 6.45) is 0. The third-order valence-corrected chi connectivity index (χ3v) is 2.68. The molecule has 0 saturated heterocycles. The van der Waals surface area contributed by atoms with Crippen molar-refractivity contribution < 1.29 is 13.9 Å². The van der Waals surface area contributed by atoms with Gasteiger partial charge in [0.1, 0.15) is 5.82 Å². The van der Waals surface area contributed by atoms with Gasteiger partial charge in [-0.1, -0.05) is 22.0 Å². The number of hydrogen-bond donors (Lipinski definition) is 2. The largest absolute Gasteiger partial charge is 0.380 e. The Morgan fingerprint density at radius 1 is 1.44 bits per heavy atom. The third-order valence-electron chi connectivity index (χ3n) is 2.19. The molecule has 0 atom stereocenters. The summed E-state index contributed by atoms with van der Waals surface area (Å²) in [5.74, 6) is -0.348. The van der Waals surface area contributed by atoms with E-state index in [1.165, 1.54) is 6.07 Å². The molecule has 0 aliphatic heterocycles. The zero-order valence-corrected chi connectivity index (χ0v) is 11.7. The predicted molar refractivity (Wildman–Crippen MR) is 70.8 cm³/mol. The highest BCUT2D eigenvalue weighted by atomic mass is 79.9. The maximum Gasteiger partial charge on any atom is 0.315 e. The fraction of sp³-hybridized carbons (Fsp3) is 0.417. The van der Waals surface area contributed by atoms with Crippen LogP contribution in [0.15, 0.2) is 22.7 Å². The fourth-order valence-electron chi connectivity index (χ4n) is 1.28. The molecule has 0 aromatic heterocycles.